The molecule has 0 saturated heterocycles. The van der Waals surface area contributed by atoms with Gasteiger partial charge in [-0.25, -0.2) is 4.39 Å². The second-order valence-electron chi connectivity index (χ2n) is 3.22. The predicted octanol–water partition coefficient (Wildman–Crippen LogP) is 0.971. The number of ether oxygens (including phenoxy) is 1. The molecule has 1 N–H and O–H groups in total. The number of hydrogen-bond acceptors (Lipinski definition) is 3. The quantitative estimate of drug-likeness (QED) is 0.714. The lowest BCUT2D eigenvalue weighted by Gasteiger charge is -2.24. The maximum Gasteiger partial charge on any atom is 0.294 e. The van der Waals surface area contributed by atoms with Gasteiger partial charge in [-0.3, -0.25) is 10.1 Å². The van der Waals surface area contributed by atoms with Crippen molar-refractivity contribution >= 4 is 6.47 Å². The fraction of sp³-hybridized carbons (Fsp3) is 0.300. The molecule has 0 aromatic heterocycles. The van der Waals surface area contributed by atoms with Crippen LogP contribution in [0, 0.1) is 5.82 Å². The highest BCUT2D eigenvalue weighted by Gasteiger charge is 2.18. The summed E-state index contributed by atoms with van der Waals surface area (Å²) in [6.45, 7) is 0.956. The maximum atomic E-state index is 12.8. The van der Waals surface area contributed by atoms with Crippen molar-refractivity contribution in [3.05, 3.63) is 35.1 Å². The van der Waals surface area contributed by atoms with Crippen LogP contribution >= 0.6 is 0 Å². The van der Waals surface area contributed by atoms with Crippen molar-refractivity contribution in [3.8, 4) is 0 Å². The smallest absolute Gasteiger partial charge is 0.294 e. The Hall–Kier alpha value is -1.42. The van der Waals surface area contributed by atoms with E-state index in [1.54, 1.807) is 6.07 Å². The standard InChI is InChI=1S/C10H10FNO2/c11-9-2-1-7-4-10(14-6-13)12-5-8(7)3-9/h1-3,6,10,12H,4-5H2/t10-/m0/s1. The first kappa shape index (κ1) is 9.15. The van der Waals surface area contributed by atoms with Gasteiger partial charge in [-0.2, -0.15) is 0 Å². The molecule has 0 spiro atoms. The van der Waals surface area contributed by atoms with Gasteiger partial charge in [0.25, 0.3) is 6.47 Å². The number of benzene rings is 1. The molecule has 1 atom stereocenters. The van der Waals surface area contributed by atoms with Crippen molar-refractivity contribution in [1.82, 2.24) is 5.32 Å². The number of carbonyl (C=O) groups is 1. The molecular formula is C10H10FNO2. The normalized spacial score (nSPS) is 19.9. The molecule has 0 saturated carbocycles. The van der Waals surface area contributed by atoms with Crippen LogP contribution in [0.4, 0.5) is 4.39 Å². The van der Waals surface area contributed by atoms with Crippen molar-refractivity contribution in [2.45, 2.75) is 19.2 Å². The Labute approximate surface area is 80.9 Å². The molecule has 0 amide bonds. The number of carbonyl (C=O) groups excluding carboxylic acids is 1. The Kier molecular flexibility index (Phi) is 2.45. The summed E-state index contributed by atoms with van der Waals surface area (Å²) in [7, 11) is 0. The van der Waals surface area contributed by atoms with Gasteiger partial charge in [0.05, 0.1) is 0 Å². The van der Waals surface area contributed by atoms with Crippen molar-refractivity contribution < 1.29 is 13.9 Å². The molecule has 4 heteroatoms. The van der Waals surface area contributed by atoms with Crippen LogP contribution < -0.4 is 5.32 Å². The molecule has 0 bridgehead atoms. The molecule has 0 aliphatic carbocycles. The summed E-state index contributed by atoms with van der Waals surface area (Å²) in [5.74, 6) is -0.236. The van der Waals surface area contributed by atoms with Gasteiger partial charge in [-0.05, 0) is 23.3 Å². The van der Waals surface area contributed by atoms with Crippen molar-refractivity contribution in [2.24, 2.45) is 0 Å². The third-order valence-electron chi connectivity index (χ3n) is 2.31. The van der Waals surface area contributed by atoms with Gasteiger partial charge in [0, 0.05) is 13.0 Å². The molecule has 14 heavy (non-hydrogen) atoms. The second-order valence-corrected chi connectivity index (χ2v) is 3.22. The molecule has 3 nitrogen and oxygen atoms in total. The van der Waals surface area contributed by atoms with Crippen LogP contribution in [0.2, 0.25) is 0 Å². The average molecular weight is 195 g/mol. The largest absolute Gasteiger partial charge is 0.448 e. The van der Waals surface area contributed by atoms with Gasteiger partial charge in [-0.1, -0.05) is 6.07 Å². The third-order valence-corrected chi connectivity index (χ3v) is 2.31. The van der Waals surface area contributed by atoms with Gasteiger partial charge in [0.2, 0.25) is 0 Å². The summed E-state index contributed by atoms with van der Waals surface area (Å²) in [5, 5.41) is 2.98. The van der Waals surface area contributed by atoms with Gasteiger partial charge in [0.1, 0.15) is 5.82 Å². The van der Waals surface area contributed by atoms with Crippen LogP contribution in [0.1, 0.15) is 11.1 Å². The number of halogens is 1. The SMILES string of the molecule is O=CO[C@H]1Cc2ccc(F)cc2CN1. The average Bonchev–Trinajstić information content (AvgIpc) is 2.19. The number of fused-ring (bicyclic) bond motifs is 1. The van der Waals surface area contributed by atoms with Crippen molar-refractivity contribution in [1.29, 1.82) is 0 Å². The minimum atomic E-state index is -0.287. The van der Waals surface area contributed by atoms with E-state index >= 15 is 0 Å². The lowest BCUT2D eigenvalue weighted by Crippen LogP contribution is -2.37. The van der Waals surface area contributed by atoms with Crippen LogP contribution in [0.15, 0.2) is 18.2 Å². The van der Waals surface area contributed by atoms with Crippen LogP contribution in [-0.2, 0) is 22.5 Å². The maximum absolute atomic E-state index is 12.8. The van der Waals surface area contributed by atoms with Crippen LogP contribution in [0.25, 0.3) is 0 Å². The molecule has 0 radical (unpaired) electrons. The van der Waals surface area contributed by atoms with Crippen molar-refractivity contribution in [2.75, 3.05) is 0 Å². The zero-order valence-electron chi connectivity index (χ0n) is 7.50. The topological polar surface area (TPSA) is 38.3 Å². The van der Waals surface area contributed by atoms with Gasteiger partial charge in [0.15, 0.2) is 6.23 Å². The fourth-order valence-electron chi connectivity index (χ4n) is 1.62. The van der Waals surface area contributed by atoms with E-state index in [9.17, 15) is 9.18 Å². The summed E-state index contributed by atoms with van der Waals surface area (Å²) in [4.78, 5) is 10.1. The number of nitrogens with one attached hydrogen (secondary N) is 1. The lowest BCUT2D eigenvalue weighted by atomic mass is 10.00. The predicted molar refractivity (Wildman–Crippen MR) is 47.9 cm³/mol. The minimum absolute atomic E-state index is 0.236. The van der Waals surface area contributed by atoms with E-state index in [0.29, 0.717) is 19.4 Å². The Morgan fingerprint density at radius 1 is 1.50 bits per heavy atom. The Morgan fingerprint density at radius 2 is 2.36 bits per heavy atom. The lowest BCUT2D eigenvalue weighted by molar-refractivity contribution is -0.135. The minimum Gasteiger partial charge on any atom is -0.448 e. The van der Waals surface area contributed by atoms with Crippen LogP contribution in [0.3, 0.4) is 0 Å². The summed E-state index contributed by atoms with van der Waals surface area (Å²) in [5.41, 5.74) is 1.95. The first-order valence-corrected chi connectivity index (χ1v) is 4.39. The van der Waals surface area contributed by atoms with Gasteiger partial charge < -0.3 is 4.74 Å². The fourth-order valence-corrected chi connectivity index (χ4v) is 1.62. The Bertz CT molecular complexity index is 354. The molecular weight excluding hydrogens is 185 g/mol. The Morgan fingerprint density at radius 3 is 3.14 bits per heavy atom. The highest BCUT2D eigenvalue weighted by molar-refractivity contribution is 5.38. The van der Waals surface area contributed by atoms with Gasteiger partial charge >= 0.3 is 0 Å². The van der Waals surface area contributed by atoms with Crippen molar-refractivity contribution in [3.63, 3.8) is 0 Å². The first-order chi connectivity index (χ1) is 6.79. The molecule has 0 fully saturated rings. The highest BCUT2D eigenvalue weighted by Crippen LogP contribution is 2.17. The summed E-state index contributed by atoms with van der Waals surface area (Å²) < 4.78 is 17.6. The van der Waals surface area contributed by atoms with Gasteiger partial charge in [-0.15, -0.1) is 0 Å². The molecule has 74 valence electrons. The number of hydrogen-bond donors (Lipinski definition) is 1. The van der Waals surface area contributed by atoms with E-state index in [2.05, 4.69) is 5.32 Å². The second kappa shape index (κ2) is 3.75. The zero-order chi connectivity index (χ0) is 9.97. The van der Waals surface area contributed by atoms with E-state index < -0.39 is 0 Å². The Balaban J connectivity index is 2.18. The molecule has 2 rings (SSSR count). The molecule has 0 unspecified atom stereocenters. The molecule has 1 aliphatic rings. The van der Waals surface area contributed by atoms with Crippen LogP contribution in [0.5, 0.6) is 0 Å². The van der Waals surface area contributed by atoms with E-state index in [4.69, 9.17) is 4.74 Å². The first-order valence-electron chi connectivity index (χ1n) is 4.39. The highest BCUT2D eigenvalue weighted by atomic mass is 19.1. The molecule has 1 aromatic carbocycles. The zero-order valence-corrected chi connectivity index (χ0v) is 7.50. The molecule has 1 heterocycles. The van der Waals surface area contributed by atoms with E-state index in [1.807, 2.05) is 0 Å². The molecule has 1 aliphatic heterocycles. The van der Waals surface area contributed by atoms with E-state index in [0.717, 1.165) is 11.1 Å². The molecule has 1 aromatic rings. The third kappa shape index (κ3) is 1.75. The van der Waals surface area contributed by atoms with Crippen LogP contribution in [-0.4, -0.2) is 12.7 Å². The summed E-state index contributed by atoms with van der Waals surface area (Å²) in [6, 6.07) is 4.65. The summed E-state index contributed by atoms with van der Waals surface area (Å²) in [6.07, 6.45) is 0.305. The number of rotatable bonds is 2. The monoisotopic (exact) mass is 195 g/mol. The summed E-state index contributed by atoms with van der Waals surface area (Å²) >= 11 is 0. The van der Waals surface area contributed by atoms with E-state index in [1.165, 1.54) is 12.1 Å². The van der Waals surface area contributed by atoms with E-state index in [-0.39, 0.29) is 12.0 Å².